The maximum atomic E-state index is 11.6. The zero-order valence-corrected chi connectivity index (χ0v) is 17.4. The molecule has 31 heavy (non-hydrogen) atoms. The second-order valence-electron chi connectivity index (χ2n) is 6.32. The molecule has 0 saturated heterocycles. The van der Waals surface area contributed by atoms with Gasteiger partial charge in [-0.25, -0.2) is 0 Å². The summed E-state index contributed by atoms with van der Waals surface area (Å²) in [5, 5.41) is 20.9. The predicted octanol–water partition coefficient (Wildman–Crippen LogP) is 2.99. The lowest BCUT2D eigenvalue weighted by molar-refractivity contribution is -0.114. The number of aromatic hydroxyl groups is 1. The Labute approximate surface area is 177 Å². The minimum Gasteiger partial charge on any atom is -0.507 e. The molecule has 5 N–H and O–H groups in total. The van der Waals surface area contributed by atoms with Gasteiger partial charge in [0.15, 0.2) is 0 Å². The minimum absolute atomic E-state index is 0.0366. The molecule has 0 heterocycles. The van der Waals surface area contributed by atoms with Crippen LogP contribution in [-0.4, -0.2) is 32.4 Å². The molecule has 3 aromatic rings. The van der Waals surface area contributed by atoms with E-state index in [9.17, 15) is 31.3 Å². The van der Waals surface area contributed by atoms with Crippen LogP contribution in [0.25, 0.3) is 10.8 Å². The van der Waals surface area contributed by atoms with E-state index in [1.165, 1.54) is 37.3 Å². The fourth-order valence-electron chi connectivity index (χ4n) is 2.79. The first-order valence-corrected chi connectivity index (χ1v) is 10.9. The van der Waals surface area contributed by atoms with Gasteiger partial charge in [-0.3, -0.25) is 9.35 Å². The fraction of sp³-hybridized carbons (Fsp3) is 0.0556. The number of benzene rings is 3. The number of rotatable bonds is 5. The van der Waals surface area contributed by atoms with Crippen LogP contribution in [0.1, 0.15) is 6.92 Å². The molecule has 0 unspecified atom stereocenters. The van der Waals surface area contributed by atoms with Crippen molar-refractivity contribution in [3.63, 3.8) is 0 Å². The zero-order chi connectivity index (χ0) is 22.9. The second kappa shape index (κ2) is 8.22. The summed E-state index contributed by atoms with van der Waals surface area (Å²) in [6.07, 6.45) is 0. The van der Waals surface area contributed by atoms with Crippen LogP contribution in [0.15, 0.2) is 62.5 Å². The first-order chi connectivity index (χ1) is 14.5. The molecule has 0 aliphatic heterocycles. The van der Waals surface area contributed by atoms with E-state index in [0.29, 0.717) is 0 Å². The molecule has 1 amide bonds. The minimum atomic E-state index is -4.57. The van der Waals surface area contributed by atoms with Crippen molar-refractivity contribution in [1.29, 1.82) is 0 Å². The lowest BCUT2D eigenvalue weighted by Crippen LogP contribution is -2.05. The van der Waals surface area contributed by atoms with Gasteiger partial charge in [0, 0.05) is 18.7 Å². The highest BCUT2D eigenvalue weighted by molar-refractivity contribution is 7.85. The first-order valence-electron chi connectivity index (χ1n) is 8.42. The second-order valence-corrected chi connectivity index (χ2v) is 8.65. The molecule has 0 atom stereocenters. The summed E-state index contributed by atoms with van der Waals surface area (Å²) in [5.74, 6) is -0.916. The molecule has 0 aliphatic rings. The summed E-state index contributed by atoms with van der Waals surface area (Å²) >= 11 is 0. The molecule has 161 valence electrons. The third kappa shape index (κ3) is 4.74. The van der Waals surface area contributed by atoms with E-state index in [2.05, 4.69) is 15.5 Å². The van der Waals surface area contributed by atoms with Crippen LogP contribution in [0.4, 0.5) is 22.7 Å². The third-order valence-electron chi connectivity index (χ3n) is 4.09. The monoisotopic (exact) mass is 463 g/mol. The highest BCUT2D eigenvalue weighted by Gasteiger charge is 2.17. The zero-order valence-electron chi connectivity index (χ0n) is 15.8. The number of phenolic OH excluding ortho intramolecular Hbond substituents is 1. The summed E-state index contributed by atoms with van der Waals surface area (Å²) in [5.41, 5.74) is 6.14. The number of amides is 1. The number of nitrogen functional groups attached to an aromatic ring is 1. The molecule has 1 radical (unpaired) electrons. The quantitative estimate of drug-likeness (QED) is 0.252. The molecule has 3 aromatic carbocycles. The molecule has 0 fully saturated rings. The first kappa shape index (κ1) is 22.0. The Morgan fingerprint density at radius 2 is 1.81 bits per heavy atom. The van der Waals surface area contributed by atoms with Crippen LogP contribution in [0, 0.1) is 0 Å². The Bertz CT molecular complexity index is 1420. The Hall–Kier alpha value is -3.68. The van der Waals surface area contributed by atoms with Crippen LogP contribution in [0.5, 0.6) is 5.75 Å². The molecule has 0 spiro atoms. The van der Waals surface area contributed by atoms with E-state index in [1.54, 1.807) is 0 Å². The summed E-state index contributed by atoms with van der Waals surface area (Å²) in [6, 6.07) is 8.68. The van der Waals surface area contributed by atoms with Crippen molar-refractivity contribution in [2.45, 2.75) is 16.7 Å². The molecule has 0 saturated carbocycles. The van der Waals surface area contributed by atoms with E-state index >= 15 is 0 Å². The van der Waals surface area contributed by atoms with E-state index < -0.39 is 31.5 Å². The predicted molar refractivity (Wildman–Crippen MR) is 112 cm³/mol. The molecule has 0 aliphatic carbocycles. The average molecular weight is 463 g/mol. The standard InChI is InChI=1S/C18H15N4O7S2/c1-9(23)20-11-3-5-14(16(7-11)30(25)26)21-22-18-13(19)4-2-10-6-12(31(27,28)29)8-15(24)17(10)18/h2-8,24H,19H2,1H3,(H,20,23)(H,27,28,29). The number of nitrogens with two attached hydrogens (primary N) is 1. The number of azo groups is 1. The van der Waals surface area contributed by atoms with Gasteiger partial charge < -0.3 is 16.2 Å². The fourth-order valence-corrected chi connectivity index (χ4v) is 3.83. The van der Waals surface area contributed by atoms with Crippen molar-refractivity contribution < 1.29 is 31.3 Å². The lowest BCUT2D eigenvalue weighted by Gasteiger charge is -2.09. The van der Waals surface area contributed by atoms with Crippen LogP contribution in [0.2, 0.25) is 0 Å². The summed E-state index contributed by atoms with van der Waals surface area (Å²) in [4.78, 5) is 10.4. The topological polar surface area (TPSA) is 189 Å². The Balaban J connectivity index is 2.15. The van der Waals surface area contributed by atoms with E-state index in [1.807, 2.05) is 0 Å². The van der Waals surface area contributed by atoms with Gasteiger partial charge in [-0.2, -0.15) is 16.8 Å². The van der Waals surface area contributed by atoms with E-state index in [4.69, 9.17) is 5.73 Å². The number of nitrogens with zero attached hydrogens (tertiary/aromatic N) is 2. The number of hydrogen-bond acceptors (Lipinski definition) is 9. The van der Waals surface area contributed by atoms with Gasteiger partial charge in [-0.1, -0.05) is 6.07 Å². The van der Waals surface area contributed by atoms with Crippen molar-refractivity contribution in [2.75, 3.05) is 11.1 Å². The number of fused-ring (bicyclic) bond motifs is 1. The van der Waals surface area contributed by atoms with Crippen LogP contribution in [-0.2, 0) is 25.6 Å². The van der Waals surface area contributed by atoms with Crippen molar-refractivity contribution in [3.05, 3.63) is 42.5 Å². The van der Waals surface area contributed by atoms with Gasteiger partial charge >= 0.3 is 0 Å². The highest BCUT2D eigenvalue weighted by Crippen LogP contribution is 2.40. The molecule has 0 aromatic heterocycles. The van der Waals surface area contributed by atoms with E-state index in [-0.39, 0.29) is 44.3 Å². The molecular formula is C18H15N4O7S2. The average Bonchev–Trinajstić information content (AvgIpc) is 2.66. The number of carbonyl (C=O) groups excluding carboxylic acids is 1. The summed E-state index contributed by atoms with van der Waals surface area (Å²) in [6.45, 7) is 1.27. The lowest BCUT2D eigenvalue weighted by atomic mass is 10.1. The van der Waals surface area contributed by atoms with Crippen molar-refractivity contribution in [2.24, 2.45) is 10.2 Å². The SMILES string of the molecule is CC(=O)Nc1ccc(N=Nc2c(N)ccc3cc(S(=O)(=O)O)cc(O)c23)c([S](=O)=O)c1. The number of phenols is 1. The molecule has 0 bridgehead atoms. The van der Waals surface area contributed by atoms with Crippen LogP contribution < -0.4 is 11.1 Å². The Morgan fingerprint density at radius 1 is 1.10 bits per heavy atom. The smallest absolute Gasteiger partial charge is 0.294 e. The Kier molecular flexibility index (Phi) is 5.83. The summed E-state index contributed by atoms with van der Waals surface area (Å²) in [7, 11) is -7.27. The van der Waals surface area contributed by atoms with Gasteiger partial charge in [0.25, 0.3) is 10.1 Å². The summed E-state index contributed by atoms with van der Waals surface area (Å²) < 4.78 is 55.1. The maximum Gasteiger partial charge on any atom is 0.294 e. The highest BCUT2D eigenvalue weighted by atomic mass is 32.2. The molecular weight excluding hydrogens is 448 g/mol. The van der Waals surface area contributed by atoms with Crippen molar-refractivity contribution in [3.8, 4) is 5.75 Å². The normalized spacial score (nSPS) is 11.7. The van der Waals surface area contributed by atoms with Crippen molar-refractivity contribution >= 4 is 60.3 Å². The van der Waals surface area contributed by atoms with Crippen LogP contribution in [0.3, 0.4) is 0 Å². The third-order valence-corrected chi connectivity index (χ3v) is 5.61. The molecule has 3 rings (SSSR count). The van der Waals surface area contributed by atoms with Crippen LogP contribution >= 0.6 is 0 Å². The van der Waals surface area contributed by atoms with Gasteiger partial charge in [0.2, 0.25) is 16.6 Å². The van der Waals surface area contributed by atoms with Gasteiger partial charge in [0.1, 0.15) is 22.0 Å². The van der Waals surface area contributed by atoms with Gasteiger partial charge in [0.05, 0.1) is 16.0 Å². The maximum absolute atomic E-state index is 11.6. The molecule has 11 nitrogen and oxygen atoms in total. The molecule has 13 heteroatoms. The number of hydrogen-bond donors (Lipinski definition) is 4. The largest absolute Gasteiger partial charge is 0.507 e. The van der Waals surface area contributed by atoms with Gasteiger partial charge in [-0.15, -0.1) is 10.2 Å². The number of nitrogens with one attached hydrogen (secondary N) is 1. The van der Waals surface area contributed by atoms with Gasteiger partial charge in [-0.05, 0) is 35.7 Å². The van der Waals surface area contributed by atoms with E-state index in [0.717, 1.165) is 12.1 Å². The Morgan fingerprint density at radius 3 is 2.42 bits per heavy atom. The number of carbonyl (C=O) groups is 1. The number of anilines is 2. The van der Waals surface area contributed by atoms with Crippen molar-refractivity contribution in [1.82, 2.24) is 0 Å².